The summed E-state index contributed by atoms with van der Waals surface area (Å²) in [5.41, 5.74) is 2.09. The van der Waals surface area contributed by atoms with Crippen LogP contribution in [0.15, 0.2) is 47.1 Å². The number of unbranched alkanes of at least 4 members (excludes halogenated alkanes) is 1. The van der Waals surface area contributed by atoms with Gasteiger partial charge in [-0.1, -0.05) is 48.6 Å². The summed E-state index contributed by atoms with van der Waals surface area (Å²) in [6.45, 7) is 7.33. The molecule has 0 aliphatic rings. The van der Waals surface area contributed by atoms with E-state index in [2.05, 4.69) is 0 Å². The van der Waals surface area contributed by atoms with Crippen molar-refractivity contribution in [2.45, 2.75) is 47.0 Å². The molecule has 5 heteroatoms. The highest BCUT2D eigenvalue weighted by atomic mass is 32.2. The van der Waals surface area contributed by atoms with E-state index < -0.39 is 0 Å². The number of thioether (sulfide) groups is 1. The minimum Gasteiger partial charge on any atom is -0.465 e. The maximum absolute atomic E-state index is 11.9. The second kappa shape index (κ2) is 13.4. The van der Waals surface area contributed by atoms with Crippen molar-refractivity contribution in [2.75, 3.05) is 12.9 Å². The molecule has 0 saturated carbocycles. The number of esters is 1. The molecule has 0 aromatic rings. The summed E-state index contributed by atoms with van der Waals surface area (Å²) < 4.78 is 4.70. The Balaban J connectivity index is 4.46. The van der Waals surface area contributed by atoms with Gasteiger partial charge in [0.05, 0.1) is 19.1 Å². The molecule has 0 radical (unpaired) electrons. The number of ketones is 1. The molecule has 0 heterocycles. The number of Topliss-reactive ketones (excluding diaryl/α,β-unsaturated/α-hetero) is 1. The van der Waals surface area contributed by atoms with E-state index in [9.17, 15) is 14.4 Å². The third-order valence-corrected chi connectivity index (χ3v) is 4.08. The first-order valence-corrected chi connectivity index (χ1v) is 9.29. The zero-order chi connectivity index (χ0) is 19.2. The first kappa shape index (κ1) is 23.1. The van der Waals surface area contributed by atoms with E-state index in [1.165, 1.54) is 18.9 Å². The molecule has 25 heavy (non-hydrogen) atoms. The molecule has 0 fully saturated rings. The van der Waals surface area contributed by atoms with Gasteiger partial charge in [0, 0.05) is 0 Å². The van der Waals surface area contributed by atoms with Crippen molar-refractivity contribution in [3.05, 3.63) is 47.1 Å². The summed E-state index contributed by atoms with van der Waals surface area (Å²) in [5.74, 6) is 0.224. The quantitative estimate of drug-likeness (QED) is 0.187. The smallest absolute Gasteiger partial charge is 0.337 e. The Morgan fingerprint density at radius 2 is 1.80 bits per heavy atom. The van der Waals surface area contributed by atoms with Gasteiger partial charge in [-0.2, -0.15) is 0 Å². The molecule has 0 aromatic heterocycles. The second-order valence-electron chi connectivity index (χ2n) is 5.40. The van der Waals surface area contributed by atoms with Crippen molar-refractivity contribution in [1.29, 1.82) is 0 Å². The van der Waals surface area contributed by atoms with Crippen molar-refractivity contribution < 1.29 is 19.1 Å². The van der Waals surface area contributed by atoms with E-state index in [-0.39, 0.29) is 23.3 Å². The van der Waals surface area contributed by atoms with Crippen LogP contribution in [0.5, 0.6) is 0 Å². The Labute approximate surface area is 155 Å². The third kappa shape index (κ3) is 10.6. The van der Waals surface area contributed by atoms with Gasteiger partial charge in [0.15, 0.2) is 10.9 Å². The highest BCUT2D eigenvalue weighted by molar-refractivity contribution is 8.13. The van der Waals surface area contributed by atoms with Gasteiger partial charge in [0.2, 0.25) is 0 Å². The molecule has 0 bridgehead atoms. The summed E-state index contributed by atoms with van der Waals surface area (Å²) in [6, 6.07) is 0. The number of methoxy groups -OCH3 is 1. The van der Waals surface area contributed by atoms with E-state index >= 15 is 0 Å². The van der Waals surface area contributed by atoms with Gasteiger partial charge in [-0.05, 0) is 51.0 Å². The topological polar surface area (TPSA) is 60.4 Å². The molecule has 138 valence electrons. The molecular weight excluding hydrogens is 336 g/mol. The minimum absolute atomic E-state index is 0.0296. The van der Waals surface area contributed by atoms with Crippen LogP contribution in [0.3, 0.4) is 0 Å². The number of carbonyl (C=O) groups is 3. The van der Waals surface area contributed by atoms with Gasteiger partial charge in [-0.15, -0.1) is 0 Å². The molecule has 0 aliphatic carbocycles. The molecule has 0 amide bonds. The number of hydrogen-bond donors (Lipinski definition) is 0. The largest absolute Gasteiger partial charge is 0.465 e. The van der Waals surface area contributed by atoms with Gasteiger partial charge in [-0.25, -0.2) is 4.79 Å². The summed E-state index contributed by atoms with van der Waals surface area (Å²) in [4.78, 5) is 34.8. The van der Waals surface area contributed by atoms with Crippen LogP contribution < -0.4 is 0 Å². The van der Waals surface area contributed by atoms with Gasteiger partial charge >= 0.3 is 5.97 Å². The van der Waals surface area contributed by atoms with Gasteiger partial charge in [-0.3, -0.25) is 9.59 Å². The first-order chi connectivity index (χ1) is 11.8. The first-order valence-electron chi connectivity index (χ1n) is 8.30. The standard InChI is InChI=1S/C20H28O4S/c1-6-17(20(23)24-5)13-15(3)11-9-8-10-12-16(4)18(21)14-19(22)25-7-2/h6,9,11-13H,7-8,10,14H2,1-5H3/b11-9+,15-13+,16-12+,17-6+. The lowest BCUT2D eigenvalue weighted by molar-refractivity contribution is -0.135. The molecule has 0 atom stereocenters. The fourth-order valence-corrected chi connectivity index (χ4v) is 2.49. The molecule has 0 saturated heterocycles. The van der Waals surface area contributed by atoms with E-state index in [0.717, 1.165) is 18.4 Å². The second-order valence-corrected chi connectivity index (χ2v) is 6.72. The highest BCUT2D eigenvalue weighted by Gasteiger charge is 2.10. The molecule has 0 spiro atoms. The number of carbonyl (C=O) groups excluding carboxylic acids is 3. The van der Waals surface area contributed by atoms with Gasteiger partial charge in [0.1, 0.15) is 0 Å². The highest BCUT2D eigenvalue weighted by Crippen LogP contribution is 2.10. The van der Waals surface area contributed by atoms with E-state index in [1.807, 2.05) is 32.1 Å². The van der Waals surface area contributed by atoms with Crippen LogP contribution >= 0.6 is 11.8 Å². The van der Waals surface area contributed by atoms with Crippen molar-refractivity contribution in [3.8, 4) is 0 Å². The average Bonchev–Trinajstić information content (AvgIpc) is 2.58. The van der Waals surface area contributed by atoms with Crippen LogP contribution in [0.1, 0.15) is 47.0 Å². The Morgan fingerprint density at radius 3 is 2.36 bits per heavy atom. The van der Waals surface area contributed by atoms with Crippen LogP contribution in [-0.4, -0.2) is 29.7 Å². The number of ether oxygens (including phenoxy) is 1. The molecule has 0 aliphatic heterocycles. The van der Waals surface area contributed by atoms with Gasteiger partial charge < -0.3 is 4.74 Å². The van der Waals surface area contributed by atoms with Crippen molar-refractivity contribution in [2.24, 2.45) is 0 Å². The lowest BCUT2D eigenvalue weighted by atomic mass is 10.1. The Kier molecular flexibility index (Phi) is 12.4. The SMILES string of the molecule is C\C=C(/C=C(C)/C=C/CC/C=C(\C)C(=O)CC(=O)SCC)C(=O)OC. The van der Waals surface area contributed by atoms with Crippen LogP contribution in [0, 0.1) is 0 Å². The summed E-state index contributed by atoms with van der Waals surface area (Å²) in [7, 11) is 1.36. The summed E-state index contributed by atoms with van der Waals surface area (Å²) >= 11 is 1.18. The summed E-state index contributed by atoms with van der Waals surface area (Å²) in [6.07, 6.45) is 10.7. The average molecular weight is 365 g/mol. The Hall–Kier alpha value is -1.88. The van der Waals surface area contributed by atoms with Crippen LogP contribution in [0.4, 0.5) is 0 Å². The van der Waals surface area contributed by atoms with E-state index in [0.29, 0.717) is 16.9 Å². The monoisotopic (exact) mass is 364 g/mol. The lowest BCUT2D eigenvalue weighted by Crippen LogP contribution is -2.06. The molecule has 0 N–H and O–H groups in total. The van der Waals surface area contributed by atoms with Crippen molar-refractivity contribution in [1.82, 2.24) is 0 Å². The predicted octanol–water partition coefficient (Wildman–Crippen LogP) is 4.57. The fraction of sp³-hybridized carbons (Fsp3) is 0.450. The molecular formula is C20H28O4S. The van der Waals surface area contributed by atoms with E-state index in [1.54, 1.807) is 26.0 Å². The van der Waals surface area contributed by atoms with E-state index in [4.69, 9.17) is 4.74 Å². The molecule has 0 aromatic carbocycles. The maximum Gasteiger partial charge on any atom is 0.337 e. The molecule has 4 nitrogen and oxygen atoms in total. The molecule has 0 unspecified atom stereocenters. The number of allylic oxidation sites excluding steroid dienone is 6. The number of hydrogen-bond acceptors (Lipinski definition) is 5. The van der Waals surface area contributed by atoms with Crippen LogP contribution in [0.2, 0.25) is 0 Å². The van der Waals surface area contributed by atoms with Gasteiger partial charge in [0.25, 0.3) is 0 Å². The predicted molar refractivity (Wildman–Crippen MR) is 104 cm³/mol. The Bertz CT molecular complexity index is 595. The van der Waals surface area contributed by atoms with Crippen molar-refractivity contribution >= 4 is 28.6 Å². The zero-order valence-corrected chi connectivity index (χ0v) is 16.6. The van der Waals surface area contributed by atoms with Crippen molar-refractivity contribution in [3.63, 3.8) is 0 Å². The third-order valence-electron chi connectivity index (χ3n) is 3.33. The Morgan fingerprint density at radius 1 is 1.12 bits per heavy atom. The fourth-order valence-electron chi connectivity index (χ4n) is 1.93. The number of rotatable bonds is 10. The normalized spacial score (nSPS) is 13.2. The zero-order valence-electron chi connectivity index (χ0n) is 15.8. The molecule has 0 rings (SSSR count). The summed E-state index contributed by atoms with van der Waals surface area (Å²) in [5, 5.41) is -0.0775. The minimum atomic E-state index is -0.358. The van der Waals surface area contributed by atoms with Crippen LogP contribution in [0.25, 0.3) is 0 Å². The maximum atomic E-state index is 11.9. The lowest BCUT2D eigenvalue weighted by Gasteiger charge is -2.00. The van der Waals surface area contributed by atoms with Crippen LogP contribution in [-0.2, 0) is 19.1 Å².